The first kappa shape index (κ1) is 8.67. The Morgan fingerprint density at radius 1 is 1.54 bits per heavy atom. The minimum absolute atomic E-state index is 0.677. The first-order chi connectivity index (χ1) is 6.24. The molecule has 0 atom stereocenters. The maximum atomic E-state index is 4.24. The highest BCUT2D eigenvalue weighted by molar-refractivity contribution is 14.1. The molecule has 0 aliphatic rings. The van der Waals surface area contributed by atoms with E-state index in [9.17, 15) is 0 Å². The summed E-state index contributed by atoms with van der Waals surface area (Å²) in [6.07, 6.45) is 3.81. The Labute approximate surface area is 88.9 Å². The van der Waals surface area contributed by atoms with Crippen molar-refractivity contribution in [3.05, 3.63) is 27.9 Å². The fourth-order valence-corrected chi connectivity index (χ4v) is 1.50. The molecule has 0 saturated heterocycles. The van der Waals surface area contributed by atoms with Gasteiger partial charge in [-0.1, -0.05) is 5.21 Å². The van der Waals surface area contributed by atoms with Crippen LogP contribution in [0.5, 0.6) is 0 Å². The zero-order chi connectivity index (χ0) is 9.26. The van der Waals surface area contributed by atoms with Gasteiger partial charge in [-0.3, -0.25) is 9.36 Å². The molecule has 0 amide bonds. The van der Waals surface area contributed by atoms with Gasteiger partial charge in [0.2, 0.25) is 0 Å². The summed E-state index contributed by atoms with van der Waals surface area (Å²) in [5.41, 5.74) is 0.919. The van der Waals surface area contributed by atoms with Crippen molar-refractivity contribution in [2.24, 2.45) is 7.05 Å². The lowest BCUT2D eigenvalue weighted by molar-refractivity contribution is 0.663. The predicted molar refractivity (Wildman–Crippen MR) is 55.0 cm³/mol. The Balaban J connectivity index is 2.14. The maximum Gasteiger partial charge on any atom is 0.123 e. The van der Waals surface area contributed by atoms with Gasteiger partial charge < -0.3 is 0 Å². The molecule has 0 saturated carbocycles. The molecule has 0 aromatic carbocycles. The molecule has 0 radical (unpaired) electrons. The highest BCUT2D eigenvalue weighted by Gasteiger charge is 2.00. The molecule has 0 N–H and O–H groups in total. The van der Waals surface area contributed by atoms with Crippen LogP contribution in [0.3, 0.4) is 0 Å². The zero-order valence-corrected chi connectivity index (χ0v) is 9.21. The molecule has 0 aliphatic heterocycles. The average Bonchev–Trinajstić information content (AvgIpc) is 2.62. The Hall–Kier alpha value is -0.920. The molecule has 0 fully saturated rings. The summed E-state index contributed by atoms with van der Waals surface area (Å²) in [7, 11) is 1.85. The molecular weight excluding hydrogens is 281 g/mol. The Morgan fingerprint density at radius 3 is 2.92 bits per heavy atom. The smallest absolute Gasteiger partial charge is 0.123 e. The molecule has 2 rings (SSSR count). The van der Waals surface area contributed by atoms with E-state index in [4.69, 9.17) is 0 Å². The van der Waals surface area contributed by atoms with Crippen LogP contribution < -0.4 is 0 Å². The topological polar surface area (TPSA) is 48.5 Å². The first-order valence-corrected chi connectivity index (χ1v) is 4.86. The highest BCUT2D eigenvalue weighted by Crippen LogP contribution is 2.01. The minimum Gasteiger partial charge on any atom is -0.266 e. The van der Waals surface area contributed by atoms with Crippen molar-refractivity contribution in [3.8, 4) is 0 Å². The number of hydrogen-bond donors (Lipinski definition) is 0. The summed E-state index contributed by atoms with van der Waals surface area (Å²) in [6.45, 7) is 0.677. The number of nitrogens with zero attached hydrogens (tertiary/aromatic N) is 5. The van der Waals surface area contributed by atoms with Crippen molar-refractivity contribution in [1.82, 2.24) is 24.8 Å². The third kappa shape index (κ3) is 2.06. The van der Waals surface area contributed by atoms with Gasteiger partial charge in [-0.15, -0.1) is 5.10 Å². The summed E-state index contributed by atoms with van der Waals surface area (Å²) >= 11 is 2.18. The summed E-state index contributed by atoms with van der Waals surface area (Å²) in [5.74, 6) is 0. The maximum absolute atomic E-state index is 4.24. The molecule has 6 heteroatoms. The van der Waals surface area contributed by atoms with E-state index in [1.807, 2.05) is 30.2 Å². The molecule has 68 valence electrons. The molecule has 0 aliphatic carbocycles. The lowest BCUT2D eigenvalue weighted by Gasteiger charge is -1.94. The van der Waals surface area contributed by atoms with Crippen LogP contribution in [0, 0.1) is 3.70 Å². The monoisotopic (exact) mass is 289 g/mol. The van der Waals surface area contributed by atoms with E-state index < -0.39 is 0 Å². The number of halogens is 1. The SMILES string of the molecule is Cn1cc(Cn2ccc(I)n2)nn1. The quantitative estimate of drug-likeness (QED) is 0.763. The zero-order valence-electron chi connectivity index (χ0n) is 7.05. The van der Waals surface area contributed by atoms with Crippen LogP contribution in [0.1, 0.15) is 5.69 Å². The van der Waals surface area contributed by atoms with Crippen LogP contribution in [0.15, 0.2) is 18.5 Å². The second kappa shape index (κ2) is 3.44. The van der Waals surface area contributed by atoms with E-state index >= 15 is 0 Å². The third-order valence-corrected chi connectivity index (χ3v) is 2.16. The van der Waals surface area contributed by atoms with Crippen molar-refractivity contribution >= 4 is 22.6 Å². The number of rotatable bonds is 2. The standard InChI is InChI=1S/C7H8IN5/c1-12-4-6(9-11-12)5-13-3-2-7(8)10-13/h2-4H,5H2,1H3. The van der Waals surface area contributed by atoms with Gasteiger partial charge in [-0.25, -0.2) is 0 Å². The van der Waals surface area contributed by atoms with Gasteiger partial charge in [-0.2, -0.15) is 5.10 Å². The van der Waals surface area contributed by atoms with Gasteiger partial charge in [-0.05, 0) is 28.7 Å². The van der Waals surface area contributed by atoms with Gasteiger partial charge in [0.05, 0.1) is 6.54 Å². The Kier molecular flexibility index (Phi) is 2.30. The lowest BCUT2D eigenvalue weighted by atomic mass is 10.5. The third-order valence-electron chi connectivity index (χ3n) is 1.58. The molecule has 0 spiro atoms. The summed E-state index contributed by atoms with van der Waals surface area (Å²) in [6, 6.07) is 1.96. The number of aryl methyl sites for hydroxylation is 1. The van der Waals surface area contributed by atoms with E-state index in [2.05, 4.69) is 38.0 Å². The van der Waals surface area contributed by atoms with E-state index in [0.717, 1.165) is 9.39 Å². The second-order valence-corrected chi connectivity index (χ2v) is 3.82. The van der Waals surface area contributed by atoms with Crippen molar-refractivity contribution in [2.45, 2.75) is 6.54 Å². The Morgan fingerprint density at radius 2 is 2.38 bits per heavy atom. The molecular formula is C7H8IN5. The molecule has 5 nitrogen and oxygen atoms in total. The van der Waals surface area contributed by atoms with Gasteiger partial charge in [0, 0.05) is 19.4 Å². The van der Waals surface area contributed by atoms with E-state index in [1.54, 1.807) is 4.68 Å². The van der Waals surface area contributed by atoms with Crippen molar-refractivity contribution in [2.75, 3.05) is 0 Å². The number of aromatic nitrogens is 5. The number of hydrogen-bond acceptors (Lipinski definition) is 3. The van der Waals surface area contributed by atoms with Crippen LogP contribution >= 0.6 is 22.6 Å². The average molecular weight is 289 g/mol. The van der Waals surface area contributed by atoms with Gasteiger partial charge in [0.1, 0.15) is 9.39 Å². The van der Waals surface area contributed by atoms with E-state index in [-0.39, 0.29) is 0 Å². The predicted octanol–water partition coefficient (Wildman–Crippen LogP) is 0.664. The molecule has 2 heterocycles. The van der Waals surface area contributed by atoms with Crippen molar-refractivity contribution in [3.63, 3.8) is 0 Å². The Bertz CT molecular complexity index is 366. The molecule has 0 unspecified atom stereocenters. The first-order valence-electron chi connectivity index (χ1n) is 3.78. The van der Waals surface area contributed by atoms with Gasteiger partial charge in [0.25, 0.3) is 0 Å². The summed E-state index contributed by atoms with van der Waals surface area (Å²) < 4.78 is 4.51. The summed E-state index contributed by atoms with van der Waals surface area (Å²) in [5, 5.41) is 12.1. The normalized spacial score (nSPS) is 10.6. The largest absolute Gasteiger partial charge is 0.266 e. The fourth-order valence-electron chi connectivity index (χ4n) is 1.06. The van der Waals surface area contributed by atoms with E-state index in [0.29, 0.717) is 6.54 Å². The van der Waals surface area contributed by atoms with Gasteiger partial charge >= 0.3 is 0 Å². The van der Waals surface area contributed by atoms with Crippen LogP contribution in [-0.4, -0.2) is 24.8 Å². The fraction of sp³-hybridized carbons (Fsp3) is 0.286. The van der Waals surface area contributed by atoms with Crippen molar-refractivity contribution < 1.29 is 0 Å². The molecule has 2 aromatic heterocycles. The van der Waals surface area contributed by atoms with Crippen LogP contribution in [0.2, 0.25) is 0 Å². The molecule has 2 aromatic rings. The second-order valence-electron chi connectivity index (χ2n) is 2.72. The van der Waals surface area contributed by atoms with Crippen LogP contribution in [-0.2, 0) is 13.6 Å². The lowest BCUT2D eigenvalue weighted by Crippen LogP contribution is -2.00. The molecule has 0 bridgehead atoms. The molecule has 13 heavy (non-hydrogen) atoms. The van der Waals surface area contributed by atoms with Crippen LogP contribution in [0.4, 0.5) is 0 Å². The minimum atomic E-state index is 0.677. The summed E-state index contributed by atoms with van der Waals surface area (Å²) in [4.78, 5) is 0. The van der Waals surface area contributed by atoms with Crippen LogP contribution in [0.25, 0.3) is 0 Å². The van der Waals surface area contributed by atoms with Gasteiger partial charge in [0.15, 0.2) is 0 Å². The highest BCUT2D eigenvalue weighted by atomic mass is 127. The van der Waals surface area contributed by atoms with Crippen molar-refractivity contribution in [1.29, 1.82) is 0 Å². The van der Waals surface area contributed by atoms with E-state index in [1.165, 1.54) is 0 Å².